The van der Waals surface area contributed by atoms with Crippen LogP contribution in [0.2, 0.25) is 0 Å². The summed E-state index contributed by atoms with van der Waals surface area (Å²) in [6, 6.07) is 5.70. The maximum atomic E-state index is 12.1. The van der Waals surface area contributed by atoms with Crippen LogP contribution in [-0.4, -0.2) is 50.2 Å². The van der Waals surface area contributed by atoms with E-state index in [9.17, 15) is 13.5 Å². The van der Waals surface area contributed by atoms with E-state index in [-0.39, 0.29) is 29.6 Å². The van der Waals surface area contributed by atoms with Gasteiger partial charge in [0.1, 0.15) is 11.8 Å². The van der Waals surface area contributed by atoms with Gasteiger partial charge in [0.05, 0.1) is 12.2 Å². The van der Waals surface area contributed by atoms with Crippen molar-refractivity contribution in [2.24, 2.45) is 17.3 Å². The summed E-state index contributed by atoms with van der Waals surface area (Å²) in [6.07, 6.45) is 4.21. The molecule has 0 saturated heterocycles. The van der Waals surface area contributed by atoms with Crippen LogP contribution < -0.4 is 4.18 Å². The number of hydrogen-bond donors (Lipinski definition) is 1. The van der Waals surface area contributed by atoms with Gasteiger partial charge in [-0.1, -0.05) is 24.6 Å². The lowest BCUT2D eigenvalue weighted by molar-refractivity contribution is -0.0967. The standard InChI is InChI=1S/C21H30ClNO5S/c1-21-11-18(27-12-22)20-15-7-5-14(28-29(25,26)23(2)3)10-13(15)4-6-16(20)17(21)8-9-19(21)24/h5,7,10,16-20,24H,4,6,8-9,11-12H2,1-3H3/t16-,17-,18-,19-,20+,21-/m0/s1. The van der Waals surface area contributed by atoms with Gasteiger partial charge >= 0.3 is 10.3 Å². The lowest BCUT2D eigenvalue weighted by Crippen LogP contribution is -2.50. The molecule has 1 N–H and O–H groups in total. The van der Waals surface area contributed by atoms with Crippen LogP contribution in [0.25, 0.3) is 0 Å². The molecule has 6 atom stereocenters. The molecule has 0 spiro atoms. The minimum Gasteiger partial charge on any atom is -0.393 e. The molecule has 0 amide bonds. The minimum absolute atomic E-state index is 0.0529. The van der Waals surface area contributed by atoms with E-state index in [0.29, 0.717) is 17.6 Å². The van der Waals surface area contributed by atoms with Gasteiger partial charge in [0, 0.05) is 20.0 Å². The number of aliphatic hydroxyl groups is 1. The number of benzene rings is 1. The van der Waals surface area contributed by atoms with E-state index < -0.39 is 10.3 Å². The molecule has 3 aliphatic carbocycles. The number of hydrogen-bond acceptors (Lipinski definition) is 5. The summed E-state index contributed by atoms with van der Waals surface area (Å²) in [5.41, 5.74) is 2.19. The van der Waals surface area contributed by atoms with Gasteiger partial charge in [0.2, 0.25) is 0 Å². The van der Waals surface area contributed by atoms with Gasteiger partial charge in [-0.25, -0.2) is 0 Å². The van der Waals surface area contributed by atoms with Crippen LogP contribution in [0.3, 0.4) is 0 Å². The van der Waals surface area contributed by atoms with Gasteiger partial charge in [-0.2, -0.15) is 12.7 Å². The van der Waals surface area contributed by atoms with E-state index in [0.717, 1.165) is 42.0 Å². The van der Waals surface area contributed by atoms with Crippen LogP contribution in [0.1, 0.15) is 49.7 Å². The Morgan fingerprint density at radius 1 is 1.28 bits per heavy atom. The van der Waals surface area contributed by atoms with E-state index in [4.69, 9.17) is 20.5 Å². The number of halogens is 1. The summed E-state index contributed by atoms with van der Waals surface area (Å²) < 4.78 is 36.4. The monoisotopic (exact) mass is 443 g/mol. The average molecular weight is 444 g/mol. The summed E-state index contributed by atoms with van der Waals surface area (Å²) in [7, 11) is -0.891. The first-order valence-corrected chi connectivity index (χ1v) is 12.2. The molecule has 4 rings (SSSR count). The van der Waals surface area contributed by atoms with E-state index >= 15 is 0 Å². The van der Waals surface area contributed by atoms with Gasteiger partial charge in [0.25, 0.3) is 0 Å². The molecule has 0 unspecified atom stereocenters. The van der Waals surface area contributed by atoms with Crippen molar-refractivity contribution in [3.8, 4) is 5.75 Å². The molecule has 8 heteroatoms. The van der Waals surface area contributed by atoms with Gasteiger partial charge in [-0.15, -0.1) is 0 Å². The predicted octanol–water partition coefficient (Wildman–Crippen LogP) is 3.28. The Labute approximate surface area is 178 Å². The normalized spacial score (nSPS) is 36.4. The number of ether oxygens (including phenoxy) is 1. The van der Waals surface area contributed by atoms with Crippen molar-refractivity contribution in [1.82, 2.24) is 4.31 Å². The number of aliphatic hydroxyl groups excluding tert-OH is 1. The van der Waals surface area contributed by atoms with E-state index in [1.54, 1.807) is 6.07 Å². The van der Waals surface area contributed by atoms with Crippen molar-refractivity contribution in [3.63, 3.8) is 0 Å². The van der Waals surface area contributed by atoms with Gasteiger partial charge in [-0.05, 0) is 72.6 Å². The number of nitrogens with zero attached hydrogens (tertiary/aromatic N) is 1. The molecule has 0 aliphatic heterocycles. The Bertz CT molecular complexity index is 876. The molecule has 3 aliphatic rings. The van der Waals surface area contributed by atoms with E-state index in [2.05, 4.69) is 6.92 Å². The summed E-state index contributed by atoms with van der Waals surface area (Å²) in [6.45, 7) is 2.20. The first-order valence-electron chi connectivity index (χ1n) is 10.3. The largest absolute Gasteiger partial charge is 0.393 e. The summed E-state index contributed by atoms with van der Waals surface area (Å²) in [5, 5.41) is 10.7. The van der Waals surface area contributed by atoms with Crippen LogP contribution in [0.15, 0.2) is 18.2 Å². The summed E-state index contributed by atoms with van der Waals surface area (Å²) in [4.78, 5) is 0. The quantitative estimate of drug-likeness (QED) is 0.707. The molecular weight excluding hydrogens is 414 g/mol. The molecule has 0 heterocycles. The van der Waals surface area contributed by atoms with Crippen molar-refractivity contribution >= 4 is 21.9 Å². The molecule has 0 radical (unpaired) electrons. The van der Waals surface area contributed by atoms with Crippen molar-refractivity contribution in [2.75, 3.05) is 20.2 Å². The Kier molecular flexibility index (Phi) is 5.66. The Balaban J connectivity index is 1.68. The first kappa shape index (κ1) is 21.4. The number of rotatable bonds is 5. The lowest BCUT2D eigenvalue weighted by Gasteiger charge is -2.53. The third kappa shape index (κ3) is 3.59. The second kappa shape index (κ2) is 7.68. The van der Waals surface area contributed by atoms with E-state index in [1.807, 2.05) is 12.1 Å². The highest BCUT2D eigenvalue weighted by molar-refractivity contribution is 7.84. The van der Waals surface area contributed by atoms with Crippen LogP contribution in [0.4, 0.5) is 0 Å². The molecule has 29 heavy (non-hydrogen) atoms. The van der Waals surface area contributed by atoms with Crippen molar-refractivity contribution in [1.29, 1.82) is 0 Å². The zero-order chi connectivity index (χ0) is 21.0. The molecule has 2 saturated carbocycles. The number of aryl methyl sites for hydroxylation is 1. The zero-order valence-corrected chi connectivity index (χ0v) is 18.7. The molecule has 1 aromatic rings. The molecule has 162 valence electrons. The topological polar surface area (TPSA) is 76.1 Å². The van der Waals surface area contributed by atoms with Gasteiger partial charge < -0.3 is 14.0 Å². The van der Waals surface area contributed by atoms with Crippen molar-refractivity contribution in [2.45, 2.75) is 57.2 Å². The SMILES string of the molecule is CN(C)S(=O)(=O)Oc1ccc2c(c1)CC[C@@H]1[C@@H]2[C@@H](OCCl)C[C@]2(C)[C@@H](O)CC[C@@H]12. The molecule has 0 aromatic heterocycles. The predicted molar refractivity (Wildman–Crippen MR) is 111 cm³/mol. The van der Waals surface area contributed by atoms with Crippen LogP contribution in [-0.2, 0) is 21.5 Å². The van der Waals surface area contributed by atoms with Gasteiger partial charge in [-0.3, -0.25) is 0 Å². The second-order valence-corrected chi connectivity index (χ2v) is 11.1. The highest BCUT2D eigenvalue weighted by Crippen LogP contribution is 2.61. The van der Waals surface area contributed by atoms with E-state index in [1.165, 1.54) is 19.7 Å². The average Bonchev–Trinajstić information content (AvgIpc) is 2.95. The van der Waals surface area contributed by atoms with Crippen molar-refractivity contribution < 1.29 is 22.4 Å². The Morgan fingerprint density at radius 3 is 2.72 bits per heavy atom. The van der Waals surface area contributed by atoms with Crippen LogP contribution >= 0.6 is 11.6 Å². The minimum atomic E-state index is -3.78. The highest BCUT2D eigenvalue weighted by Gasteiger charge is 2.58. The fraction of sp³-hybridized carbons (Fsp3) is 0.714. The summed E-state index contributed by atoms with van der Waals surface area (Å²) >= 11 is 5.97. The molecule has 0 bridgehead atoms. The summed E-state index contributed by atoms with van der Waals surface area (Å²) in [5.74, 6) is 1.45. The maximum Gasteiger partial charge on any atom is 0.384 e. The number of fused-ring (bicyclic) bond motifs is 5. The Hall–Kier alpha value is -0.860. The lowest BCUT2D eigenvalue weighted by atomic mass is 9.54. The molecule has 1 aromatic carbocycles. The maximum absolute atomic E-state index is 12.1. The zero-order valence-electron chi connectivity index (χ0n) is 17.2. The Morgan fingerprint density at radius 2 is 2.03 bits per heavy atom. The fourth-order valence-corrected chi connectivity index (χ4v) is 6.73. The first-order chi connectivity index (χ1) is 13.7. The molecule has 2 fully saturated rings. The highest BCUT2D eigenvalue weighted by atomic mass is 35.5. The molecule has 6 nitrogen and oxygen atoms in total. The van der Waals surface area contributed by atoms with Crippen LogP contribution in [0.5, 0.6) is 5.75 Å². The smallest absolute Gasteiger partial charge is 0.384 e. The third-order valence-corrected chi connectivity index (χ3v) is 8.95. The molecular formula is C21H30ClNO5S. The van der Waals surface area contributed by atoms with Gasteiger partial charge in [0.15, 0.2) is 0 Å². The second-order valence-electron chi connectivity index (χ2n) is 9.14. The van der Waals surface area contributed by atoms with Crippen LogP contribution in [0, 0.1) is 17.3 Å². The number of alkyl halides is 1. The van der Waals surface area contributed by atoms with Crippen molar-refractivity contribution in [3.05, 3.63) is 29.3 Å². The third-order valence-electron chi connectivity index (χ3n) is 7.53. The fourth-order valence-electron chi connectivity index (χ4n) is 6.07.